The highest BCUT2D eigenvalue weighted by atomic mass is 35.5. The van der Waals surface area contributed by atoms with Gasteiger partial charge in [0.15, 0.2) is 0 Å². The summed E-state index contributed by atoms with van der Waals surface area (Å²) in [4.78, 5) is 45.4. The Kier molecular flexibility index (Phi) is 10.0. The van der Waals surface area contributed by atoms with Crippen LogP contribution in [0.15, 0.2) is 91.0 Å². The van der Waals surface area contributed by atoms with Gasteiger partial charge in [0.05, 0.1) is 6.04 Å². The summed E-state index contributed by atoms with van der Waals surface area (Å²) in [5.41, 5.74) is 8.49. The zero-order valence-corrected chi connectivity index (χ0v) is 30.2. The van der Waals surface area contributed by atoms with E-state index >= 15 is 0 Å². The van der Waals surface area contributed by atoms with Gasteiger partial charge in [-0.25, -0.2) is 4.79 Å². The molecule has 3 heterocycles. The molecule has 2 unspecified atom stereocenters. The summed E-state index contributed by atoms with van der Waals surface area (Å²) in [6.07, 6.45) is 3.19. The summed E-state index contributed by atoms with van der Waals surface area (Å²) in [7, 11) is 2.16. The maximum absolute atomic E-state index is 12.7. The number of rotatable bonds is 8. The second-order valence-electron chi connectivity index (χ2n) is 14.0. The predicted molar refractivity (Wildman–Crippen MR) is 206 cm³/mol. The van der Waals surface area contributed by atoms with Crippen molar-refractivity contribution in [1.82, 2.24) is 10.2 Å². The van der Waals surface area contributed by atoms with E-state index in [1.807, 2.05) is 47.4 Å². The van der Waals surface area contributed by atoms with Crippen LogP contribution in [0.4, 0.5) is 27.5 Å². The quantitative estimate of drug-likeness (QED) is 0.194. The molecule has 3 aliphatic heterocycles. The smallest absolute Gasteiger partial charge is 0.328 e. The second kappa shape index (κ2) is 14.8. The van der Waals surface area contributed by atoms with Crippen LogP contribution >= 0.6 is 11.6 Å². The molecule has 2 N–H and O–H groups in total. The van der Waals surface area contributed by atoms with Crippen molar-refractivity contribution in [3.63, 3.8) is 0 Å². The molecule has 7 rings (SSSR count). The van der Waals surface area contributed by atoms with Gasteiger partial charge in [-0.3, -0.25) is 24.7 Å². The molecule has 10 heteroatoms. The van der Waals surface area contributed by atoms with Gasteiger partial charge in [0.25, 0.3) is 0 Å². The third-order valence-corrected chi connectivity index (χ3v) is 10.9. The summed E-state index contributed by atoms with van der Waals surface area (Å²) in [5.74, 6) is -0.171. The van der Waals surface area contributed by atoms with E-state index in [4.69, 9.17) is 11.6 Å². The van der Waals surface area contributed by atoms with Crippen molar-refractivity contribution in [2.75, 3.05) is 46.7 Å². The Balaban J connectivity index is 1.01. The van der Waals surface area contributed by atoms with Crippen LogP contribution in [0.1, 0.15) is 56.7 Å². The summed E-state index contributed by atoms with van der Waals surface area (Å²) >= 11 is 6.15. The number of imide groups is 1. The fraction of sp³-hybridized carbons (Fsp3) is 0.341. The first-order valence-corrected chi connectivity index (χ1v) is 18.2. The van der Waals surface area contributed by atoms with Gasteiger partial charge in [-0.2, -0.15) is 0 Å². The minimum absolute atomic E-state index is 0.0499. The Morgan fingerprint density at radius 2 is 1.61 bits per heavy atom. The Labute approximate surface area is 305 Å². The lowest BCUT2D eigenvalue weighted by Gasteiger charge is -2.40. The van der Waals surface area contributed by atoms with Crippen LogP contribution in [0.5, 0.6) is 0 Å². The normalized spacial score (nSPS) is 19.6. The molecule has 2 atom stereocenters. The fourth-order valence-corrected chi connectivity index (χ4v) is 8.06. The van der Waals surface area contributed by atoms with Crippen molar-refractivity contribution in [2.24, 2.45) is 0 Å². The lowest BCUT2D eigenvalue weighted by Crippen LogP contribution is -2.50. The highest BCUT2D eigenvalue weighted by Crippen LogP contribution is 2.41. The molecule has 4 aromatic carbocycles. The van der Waals surface area contributed by atoms with Gasteiger partial charge in [-0.05, 0) is 110 Å². The number of carbonyl (C=O) groups is 3. The minimum atomic E-state index is -0.350. The number of halogens is 1. The zero-order chi connectivity index (χ0) is 35.6. The number of piperidine rings is 1. The van der Waals surface area contributed by atoms with E-state index in [-0.39, 0.29) is 29.9 Å². The van der Waals surface area contributed by atoms with E-state index in [0.717, 1.165) is 78.2 Å². The van der Waals surface area contributed by atoms with Crippen molar-refractivity contribution < 1.29 is 14.4 Å². The molecule has 4 amide bonds. The average Bonchev–Trinajstić information content (AvgIpc) is 3.13. The van der Waals surface area contributed by atoms with E-state index < -0.39 is 0 Å². The summed E-state index contributed by atoms with van der Waals surface area (Å²) in [5, 5.41) is 6.84. The number of urea groups is 1. The van der Waals surface area contributed by atoms with E-state index in [0.29, 0.717) is 24.0 Å². The largest absolute Gasteiger partial charge is 0.378 e. The van der Waals surface area contributed by atoms with Crippen molar-refractivity contribution in [3.05, 3.63) is 107 Å². The first-order valence-electron chi connectivity index (χ1n) is 17.9. The van der Waals surface area contributed by atoms with Crippen LogP contribution < -0.4 is 25.3 Å². The number of hydrogen-bond donors (Lipinski definition) is 2. The fourth-order valence-electron chi connectivity index (χ4n) is 7.94. The summed E-state index contributed by atoms with van der Waals surface area (Å²) in [6, 6.07) is 31.2. The number of amides is 4. The molecule has 0 aliphatic carbocycles. The van der Waals surface area contributed by atoms with Gasteiger partial charge in [-0.1, -0.05) is 48.0 Å². The number of nitrogens with one attached hydrogen (secondary N) is 2. The standard InChI is InChI=1S/C41H45ClN6O3/c1-27-24-37(43-33-13-11-32(42)12-14-33)36-25-30(10-17-39(36)48(27)28(2)49)29-8-15-35(16-9-29)46-21-18-34(19-22-46)45(3)26-31-6-4-5-7-38(31)47-23-20-40(50)44-41(47)51/h4-17,25,27,34,37,43H,18-24,26H2,1-3H3,(H,44,50,51). The van der Waals surface area contributed by atoms with Gasteiger partial charge in [0, 0.05) is 79.4 Å². The topological polar surface area (TPSA) is 88.2 Å². The summed E-state index contributed by atoms with van der Waals surface area (Å²) < 4.78 is 0. The third kappa shape index (κ3) is 7.46. The monoisotopic (exact) mass is 704 g/mol. The van der Waals surface area contributed by atoms with E-state index in [2.05, 4.69) is 82.9 Å². The number of anilines is 4. The Morgan fingerprint density at radius 3 is 2.31 bits per heavy atom. The minimum Gasteiger partial charge on any atom is -0.378 e. The molecule has 51 heavy (non-hydrogen) atoms. The molecule has 9 nitrogen and oxygen atoms in total. The molecule has 2 saturated heterocycles. The van der Waals surface area contributed by atoms with Crippen LogP contribution in [0.2, 0.25) is 5.02 Å². The molecule has 3 aliphatic rings. The lowest BCUT2D eigenvalue weighted by atomic mass is 9.89. The molecule has 2 fully saturated rings. The SMILES string of the molecule is CC(=O)N1c2ccc(-c3ccc(N4CCC(N(C)Cc5ccccc5N5CCC(=O)NC5=O)CC4)cc3)cc2C(Nc2ccc(Cl)cc2)CC1C. The first kappa shape index (κ1) is 34.6. The van der Waals surface area contributed by atoms with Gasteiger partial charge in [-0.15, -0.1) is 0 Å². The molecule has 0 aromatic heterocycles. The van der Waals surface area contributed by atoms with Gasteiger partial charge >= 0.3 is 6.03 Å². The number of hydrogen-bond acceptors (Lipinski definition) is 6. The van der Waals surface area contributed by atoms with Crippen LogP contribution in [-0.4, -0.2) is 61.5 Å². The molecular weight excluding hydrogens is 660 g/mol. The zero-order valence-electron chi connectivity index (χ0n) is 29.4. The number of nitrogens with zero attached hydrogens (tertiary/aromatic N) is 4. The number of fused-ring (bicyclic) bond motifs is 1. The molecule has 0 bridgehead atoms. The maximum Gasteiger partial charge on any atom is 0.328 e. The van der Waals surface area contributed by atoms with Gasteiger partial charge < -0.3 is 15.1 Å². The summed E-state index contributed by atoms with van der Waals surface area (Å²) in [6.45, 7) is 6.80. The van der Waals surface area contributed by atoms with Crippen LogP contribution in [0.3, 0.4) is 0 Å². The first-order chi connectivity index (χ1) is 24.6. The Hall–Kier alpha value is -4.86. The highest BCUT2D eigenvalue weighted by Gasteiger charge is 2.33. The average molecular weight is 705 g/mol. The molecule has 264 valence electrons. The van der Waals surface area contributed by atoms with E-state index in [1.54, 1.807) is 11.8 Å². The van der Waals surface area contributed by atoms with Crippen LogP contribution in [0, 0.1) is 0 Å². The lowest BCUT2D eigenvalue weighted by molar-refractivity contribution is -0.120. The third-order valence-electron chi connectivity index (χ3n) is 10.6. The van der Waals surface area contributed by atoms with Gasteiger partial charge in [0.1, 0.15) is 0 Å². The Bertz CT molecular complexity index is 1910. The molecule has 4 aromatic rings. The van der Waals surface area contributed by atoms with Crippen molar-refractivity contribution in [3.8, 4) is 11.1 Å². The van der Waals surface area contributed by atoms with Crippen molar-refractivity contribution >= 4 is 52.2 Å². The number of para-hydroxylation sites is 1. The highest BCUT2D eigenvalue weighted by molar-refractivity contribution is 6.30. The molecule has 0 saturated carbocycles. The molecule has 0 radical (unpaired) electrons. The van der Waals surface area contributed by atoms with Crippen molar-refractivity contribution in [1.29, 1.82) is 0 Å². The molecular formula is C41H45ClN6O3. The number of benzene rings is 4. The second-order valence-corrected chi connectivity index (χ2v) is 14.5. The van der Waals surface area contributed by atoms with Crippen molar-refractivity contribution in [2.45, 2.75) is 64.2 Å². The van der Waals surface area contributed by atoms with Crippen LogP contribution in [0.25, 0.3) is 11.1 Å². The van der Waals surface area contributed by atoms with Crippen LogP contribution in [-0.2, 0) is 16.1 Å². The molecule has 0 spiro atoms. The van der Waals surface area contributed by atoms with Gasteiger partial charge in [0.2, 0.25) is 11.8 Å². The van der Waals surface area contributed by atoms with E-state index in [1.165, 1.54) is 5.69 Å². The Morgan fingerprint density at radius 1 is 0.902 bits per heavy atom. The number of carbonyl (C=O) groups excluding carboxylic acids is 3. The predicted octanol–water partition coefficient (Wildman–Crippen LogP) is 7.85. The maximum atomic E-state index is 12.7. The van der Waals surface area contributed by atoms with E-state index in [9.17, 15) is 14.4 Å².